The summed E-state index contributed by atoms with van der Waals surface area (Å²) in [5, 5.41) is 0. The molecule has 0 saturated heterocycles. The van der Waals surface area contributed by atoms with Gasteiger partial charge >= 0.3 is 0 Å². The van der Waals surface area contributed by atoms with Crippen LogP contribution in [0.5, 0.6) is 0 Å². The predicted molar refractivity (Wildman–Crippen MR) is 118 cm³/mol. The van der Waals surface area contributed by atoms with E-state index in [1.165, 1.54) is 62.9 Å². The molecule has 2 nitrogen and oxygen atoms in total. The van der Waals surface area contributed by atoms with Gasteiger partial charge in [-0.3, -0.25) is 0 Å². The number of rotatable bonds is 7. The number of nitrogen functional groups attached to an aromatic ring is 1. The molecule has 0 fully saturated rings. The van der Waals surface area contributed by atoms with Gasteiger partial charge in [-0.2, -0.15) is 0 Å². The highest BCUT2D eigenvalue weighted by Gasteiger charge is 2.25. The maximum atomic E-state index is 5.80. The topological polar surface area (TPSA) is 29.3 Å². The maximum absolute atomic E-state index is 5.80. The van der Waals surface area contributed by atoms with Crippen LogP contribution in [0.2, 0.25) is 0 Å². The van der Waals surface area contributed by atoms with E-state index in [1.54, 1.807) is 21.6 Å². The van der Waals surface area contributed by atoms with Crippen LogP contribution in [0.15, 0.2) is 41.3 Å². The fourth-order valence-electron chi connectivity index (χ4n) is 4.67. The van der Waals surface area contributed by atoms with Crippen molar-refractivity contribution in [2.45, 2.75) is 62.8 Å². The number of hydrogen-bond donors (Lipinski definition) is 1. The van der Waals surface area contributed by atoms with E-state index in [0.717, 1.165) is 12.1 Å². The summed E-state index contributed by atoms with van der Waals surface area (Å²) in [5.41, 5.74) is 12.9. The third kappa shape index (κ3) is 4.52. The van der Waals surface area contributed by atoms with Gasteiger partial charge in [0.1, 0.15) is 0 Å². The van der Waals surface area contributed by atoms with Gasteiger partial charge in [0, 0.05) is 22.4 Å². The summed E-state index contributed by atoms with van der Waals surface area (Å²) in [6, 6.07) is 14.2. The Labute approximate surface area is 168 Å². The van der Waals surface area contributed by atoms with E-state index >= 15 is 0 Å². The second-order valence-electron chi connectivity index (χ2n) is 8.10. The molecule has 2 aromatic carbocycles. The second kappa shape index (κ2) is 8.70. The first-order valence-corrected chi connectivity index (χ1v) is 11.6. The molecule has 0 aromatic heterocycles. The number of aryl methyl sites for hydroxylation is 3. The fraction of sp³-hybridized carbons (Fsp3) is 0.500. The van der Waals surface area contributed by atoms with E-state index in [9.17, 15) is 0 Å². The Morgan fingerprint density at radius 2 is 1.89 bits per heavy atom. The Bertz CT molecular complexity index is 769. The summed E-state index contributed by atoms with van der Waals surface area (Å²) in [7, 11) is 0. The highest BCUT2D eigenvalue weighted by atomic mass is 32.2. The van der Waals surface area contributed by atoms with Crippen LogP contribution in [0.3, 0.4) is 0 Å². The molecular weight excluding hydrogens is 348 g/mol. The molecule has 1 aliphatic heterocycles. The molecule has 1 heterocycles. The highest BCUT2D eigenvalue weighted by Crippen LogP contribution is 2.36. The van der Waals surface area contributed by atoms with E-state index in [2.05, 4.69) is 47.9 Å². The molecule has 1 unspecified atom stereocenters. The average molecular weight is 381 g/mol. The smallest absolute Gasteiger partial charge is 0.0314 e. The van der Waals surface area contributed by atoms with Gasteiger partial charge in [0.2, 0.25) is 0 Å². The van der Waals surface area contributed by atoms with Gasteiger partial charge in [0.05, 0.1) is 0 Å². The van der Waals surface area contributed by atoms with Crippen molar-refractivity contribution in [3.05, 3.63) is 58.7 Å². The molecule has 2 N–H and O–H groups in total. The van der Waals surface area contributed by atoms with E-state index < -0.39 is 0 Å². The van der Waals surface area contributed by atoms with Crippen LogP contribution in [0.4, 0.5) is 5.69 Å². The molecule has 0 saturated carbocycles. The third-order valence-electron chi connectivity index (χ3n) is 6.13. The molecule has 0 bridgehead atoms. The van der Waals surface area contributed by atoms with Gasteiger partial charge in [-0.25, -0.2) is 0 Å². The number of fused-ring (bicyclic) bond motifs is 2. The van der Waals surface area contributed by atoms with E-state index in [0.29, 0.717) is 6.04 Å². The summed E-state index contributed by atoms with van der Waals surface area (Å²) >= 11 is 2.05. The summed E-state index contributed by atoms with van der Waals surface area (Å²) in [5.74, 6) is 1.27. The molecule has 1 atom stereocenters. The standard InChI is InChI=1S/C24H32N2S/c1-2-12-26(13-3-4-18-5-8-22(25)9-6-18)23-10-7-19-15-20-11-14-27-24(20)17-21(19)16-23/h5-6,8-9,15,17,23H,2-4,7,10-14,16,25H2,1H3. The normalized spacial score (nSPS) is 18.5. The molecular formula is C24H32N2S. The highest BCUT2D eigenvalue weighted by molar-refractivity contribution is 7.99. The SMILES string of the molecule is CCCN(CCCc1ccc(N)cc1)C1CCc2cc3c(cc2C1)SCC3. The Hall–Kier alpha value is -1.45. The molecule has 1 aliphatic carbocycles. The minimum Gasteiger partial charge on any atom is -0.399 e. The van der Waals surface area contributed by atoms with E-state index in [4.69, 9.17) is 5.73 Å². The number of hydrogen-bond acceptors (Lipinski definition) is 3. The zero-order chi connectivity index (χ0) is 18.6. The molecule has 0 spiro atoms. The van der Waals surface area contributed by atoms with Gasteiger partial charge in [-0.15, -0.1) is 11.8 Å². The summed E-state index contributed by atoms with van der Waals surface area (Å²) in [6.07, 6.45) is 8.71. The minimum atomic E-state index is 0.716. The molecule has 0 radical (unpaired) electrons. The number of benzene rings is 2. The quantitative estimate of drug-likeness (QED) is 0.676. The Morgan fingerprint density at radius 1 is 1.04 bits per heavy atom. The molecule has 27 heavy (non-hydrogen) atoms. The van der Waals surface area contributed by atoms with Crippen molar-refractivity contribution >= 4 is 17.4 Å². The number of thioether (sulfide) groups is 1. The first-order valence-electron chi connectivity index (χ1n) is 10.6. The van der Waals surface area contributed by atoms with Gasteiger partial charge in [0.15, 0.2) is 0 Å². The van der Waals surface area contributed by atoms with Crippen LogP contribution in [0, 0.1) is 0 Å². The first kappa shape index (κ1) is 18.9. The van der Waals surface area contributed by atoms with Crippen molar-refractivity contribution in [2.75, 3.05) is 24.6 Å². The summed E-state index contributed by atoms with van der Waals surface area (Å²) in [6.45, 7) is 4.74. The van der Waals surface area contributed by atoms with Crippen molar-refractivity contribution in [3.8, 4) is 0 Å². The van der Waals surface area contributed by atoms with E-state index in [-0.39, 0.29) is 0 Å². The van der Waals surface area contributed by atoms with Gasteiger partial charge in [-0.1, -0.05) is 25.1 Å². The average Bonchev–Trinajstić information content (AvgIpc) is 3.14. The summed E-state index contributed by atoms with van der Waals surface area (Å²) < 4.78 is 0. The monoisotopic (exact) mass is 380 g/mol. The van der Waals surface area contributed by atoms with Crippen LogP contribution < -0.4 is 5.73 Å². The molecule has 2 aromatic rings. The fourth-order valence-corrected chi connectivity index (χ4v) is 5.78. The number of anilines is 1. The Morgan fingerprint density at radius 3 is 2.70 bits per heavy atom. The van der Waals surface area contributed by atoms with Crippen molar-refractivity contribution < 1.29 is 0 Å². The largest absolute Gasteiger partial charge is 0.399 e. The van der Waals surface area contributed by atoms with Crippen LogP contribution in [-0.4, -0.2) is 29.8 Å². The van der Waals surface area contributed by atoms with Crippen LogP contribution in [-0.2, 0) is 25.7 Å². The molecule has 3 heteroatoms. The van der Waals surface area contributed by atoms with Crippen molar-refractivity contribution in [2.24, 2.45) is 0 Å². The predicted octanol–water partition coefficient (Wildman–Crippen LogP) is 5.12. The molecule has 4 rings (SSSR count). The number of nitrogens with two attached hydrogens (primary N) is 1. The zero-order valence-electron chi connectivity index (χ0n) is 16.5. The number of nitrogens with zero attached hydrogens (tertiary/aromatic N) is 1. The first-order chi connectivity index (χ1) is 13.2. The van der Waals surface area contributed by atoms with Crippen LogP contribution >= 0.6 is 11.8 Å². The lowest BCUT2D eigenvalue weighted by Crippen LogP contribution is -2.40. The van der Waals surface area contributed by atoms with Crippen molar-refractivity contribution in [1.29, 1.82) is 0 Å². The maximum Gasteiger partial charge on any atom is 0.0314 e. The van der Waals surface area contributed by atoms with E-state index in [1.807, 2.05) is 12.1 Å². The molecule has 144 valence electrons. The molecule has 2 aliphatic rings. The molecule has 0 amide bonds. The van der Waals surface area contributed by atoms with Gasteiger partial charge < -0.3 is 10.6 Å². The van der Waals surface area contributed by atoms with Crippen molar-refractivity contribution in [3.63, 3.8) is 0 Å². The Kier molecular flexibility index (Phi) is 6.09. The lowest BCUT2D eigenvalue weighted by Gasteiger charge is -2.35. The lowest BCUT2D eigenvalue weighted by molar-refractivity contribution is 0.177. The zero-order valence-corrected chi connectivity index (χ0v) is 17.4. The Balaban J connectivity index is 1.38. The lowest BCUT2D eigenvalue weighted by atomic mass is 9.86. The van der Waals surface area contributed by atoms with Gasteiger partial charge in [-0.05, 0) is 98.5 Å². The van der Waals surface area contributed by atoms with Crippen molar-refractivity contribution in [1.82, 2.24) is 4.90 Å². The second-order valence-corrected chi connectivity index (χ2v) is 9.24. The summed E-state index contributed by atoms with van der Waals surface area (Å²) in [4.78, 5) is 4.32. The van der Waals surface area contributed by atoms with Crippen LogP contribution in [0.25, 0.3) is 0 Å². The van der Waals surface area contributed by atoms with Gasteiger partial charge in [0.25, 0.3) is 0 Å². The minimum absolute atomic E-state index is 0.716. The third-order valence-corrected chi connectivity index (χ3v) is 7.23. The van der Waals surface area contributed by atoms with Crippen LogP contribution in [0.1, 0.15) is 48.4 Å².